The molecule has 0 saturated heterocycles. The highest BCUT2D eigenvalue weighted by atomic mass is 32.1. The second kappa shape index (κ2) is 12.6. The van der Waals surface area contributed by atoms with Crippen molar-refractivity contribution in [2.24, 2.45) is 10.7 Å². The van der Waals surface area contributed by atoms with Crippen LogP contribution in [0, 0.1) is 0 Å². The highest BCUT2D eigenvalue weighted by molar-refractivity contribution is 7.80. The minimum atomic E-state index is -2.08. The second-order valence-electron chi connectivity index (χ2n) is 9.82. The molecule has 2 unspecified atom stereocenters. The molecule has 0 bridgehead atoms. The van der Waals surface area contributed by atoms with Gasteiger partial charge < -0.3 is 10.8 Å². The van der Waals surface area contributed by atoms with E-state index in [2.05, 4.69) is 22.9 Å². The molecule has 0 fully saturated rings. The minimum absolute atomic E-state index is 0.0422. The van der Waals surface area contributed by atoms with E-state index in [0.717, 1.165) is 15.6 Å². The molecule has 2 aromatic rings. The number of carbonyl (C=O) groups excluding carboxylic acids is 3. The van der Waals surface area contributed by atoms with E-state index in [4.69, 9.17) is 5.73 Å². The Kier molecular flexibility index (Phi) is 9.21. The average molecular weight is 576 g/mol. The summed E-state index contributed by atoms with van der Waals surface area (Å²) in [4.78, 5) is 59.3. The van der Waals surface area contributed by atoms with Crippen LogP contribution in [-0.4, -0.2) is 69.9 Å². The van der Waals surface area contributed by atoms with Crippen LogP contribution in [0.3, 0.4) is 0 Å². The number of allylic oxidation sites excluding steroid dienone is 3. The maximum atomic E-state index is 14.4. The predicted molar refractivity (Wildman–Crippen MR) is 160 cm³/mol. The fourth-order valence-corrected chi connectivity index (χ4v) is 5.29. The fraction of sp³-hybridized carbons (Fsp3) is 0.300. The molecule has 2 aliphatic rings. The van der Waals surface area contributed by atoms with Gasteiger partial charge in [0.25, 0.3) is 5.91 Å². The lowest BCUT2D eigenvalue weighted by Crippen LogP contribution is -2.71. The molecule has 0 saturated carbocycles. The number of ketones is 1. The van der Waals surface area contributed by atoms with Gasteiger partial charge in [-0.25, -0.2) is 14.8 Å². The van der Waals surface area contributed by atoms with Crippen LogP contribution >= 0.6 is 12.6 Å². The molecule has 1 aliphatic carbocycles. The van der Waals surface area contributed by atoms with Gasteiger partial charge in [0.15, 0.2) is 11.8 Å². The van der Waals surface area contributed by atoms with Crippen LogP contribution in [-0.2, 0) is 19.2 Å². The summed E-state index contributed by atoms with van der Waals surface area (Å²) < 4.78 is 0. The van der Waals surface area contributed by atoms with Gasteiger partial charge in [0.05, 0.1) is 17.4 Å². The van der Waals surface area contributed by atoms with Gasteiger partial charge in [-0.05, 0) is 26.0 Å². The Labute approximate surface area is 244 Å². The standard InChI is InChI=1S/C30H33N5O5S/c1-19(36)35(30(32-2,29(39)40)17-20-11-5-3-6-12-20)34-24-16-10-9-15-22(24)25(21-13-7-4-8-14-21)33-26(28(34)38)27(37)23(31)18-41/h3-5,7-11,13-16,23,26,32,41H,6,12,17-18,31H2,1-2H3,(H,39,40)/t23?,26?,30-/m0/s1. The Balaban J connectivity index is 2.01. The molecule has 0 spiro atoms. The Morgan fingerprint density at radius 1 is 1.20 bits per heavy atom. The number of benzene rings is 2. The summed E-state index contributed by atoms with van der Waals surface area (Å²) in [5, 5.41) is 15.4. The number of carboxylic acid groups (broad SMARTS) is 1. The molecule has 4 rings (SSSR count). The van der Waals surface area contributed by atoms with Crippen LogP contribution in [0.15, 0.2) is 83.4 Å². The summed E-state index contributed by atoms with van der Waals surface area (Å²) in [7, 11) is 1.42. The normalized spacial score (nSPS) is 18.8. The van der Waals surface area contributed by atoms with Gasteiger partial charge in [-0.3, -0.25) is 24.7 Å². The summed E-state index contributed by atoms with van der Waals surface area (Å²) in [6.45, 7) is 1.18. The zero-order valence-electron chi connectivity index (χ0n) is 22.9. The van der Waals surface area contributed by atoms with Gasteiger partial charge >= 0.3 is 5.97 Å². The molecule has 4 N–H and O–H groups in total. The number of carbonyl (C=O) groups is 4. The second-order valence-corrected chi connectivity index (χ2v) is 10.2. The summed E-state index contributed by atoms with van der Waals surface area (Å²) in [6, 6.07) is 12.9. The number of fused-ring (bicyclic) bond motifs is 1. The van der Waals surface area contributed by atoms with Crippen LogP contribution in [0.4, 0.5) is 5.69 Å². The van der Waals surface area contributed by atoms with Gasteiger partial charge in [0.1, 0.15) is 0 Å². The maximum Gasteiger partial charge on any atom is 0.347 e. The molecular formula is C30H33N5O5S. The van der Waals surface area contributed by atoms with Crippen molar-refractivity contribution >= 4 is 47.6 Å². The van der Waals surface area contributed by atoms with E-state index in [-0.39, 0.29) is 17.9 Å². The zero-order chi connectivity index (χ0) is 29.7. The number of para-hydroxylation sites is 1. The van der Waals surface area contributed by atoms with E-state index in [1.165, 1.54) is 14.0 Å². The first kappa shape index (κ1) is 29.9. The first-order valence-corrected chi connectivity index (χ1v) is 13.8. The lowest BCUT2D eigenvalue weighted by Gasteiger charge is -2.46. The van der Waals surface area contributed by atoms with Gasteiger partial charge in [-0.1, -0.05) is 72.3 Å². The van der Waals surface area contributed by atoms with E-state index in [9.17, 15) is 24.3 Å². The Bertz CT molecular complexity index is 1440. The molecule has 41 heavy (non-hydrogen) atoms. The van der Waals surface area contributed by atoms with E-state index in [0.29, 0.717) is 29.7 Å². The van der Waals surface area contributed by atoms with Crippen molar-refractivity contribution in [2.45, 2.75) is 43.9 Å². The fourth-order valence-electron chi connectivity index (χ4n) is 5.11. The number of aliphatic carboxylic acids is 1. The number of nitrogens with zero attached hydrogens (tertiary/aromatic N) is 3. The molecule has 214 valence electrons. The van der Waals surface area contributed by atoms with Crippen molar-refractivity contribution < 1.29 is 24.3 Å². The number of hydrazine groups is 1. The molecular weight excluding hydrogens is 542 g/mol. The van der Waals surface area contributed by atoms with Crippen LogP contribution in [0.1, 0.15) is 37.3 Å². The van der Waals surface area contributed by atoms with E-state index in [1.54, 1.807) is 48.5 Å². The van der Waals surface area contributed by atoms with Crippen molar-refractivity contribution in [1.29, 1.82) is 0 Å². The van der Waals surface area contributed by atoms with Crippen molar-refractivity contribution in [3.8, 4) is 0 Å². The van der Waals surface area contributed by atoms with Crippen LogP contribution in [0.25, 0.3) is 0 Å². The lowest BCUT2D eigenvalue weighted by atomic mass is 9.92. The predicted octanol–water partition coefficient (Wildman–Crippen LogP) is 2.50. The number of aliphatic imine (C=N–C) groups is 1. The summed E-state index contributed by atoms with van der Waals surface area (Å²) in [5.41, 5.74) is 6.33. The molecule has 2 amide bonds. The van der Waals surface area contributed by atoms with Gasteiger partial charge in [-0.15, -0.1) is 0 Å². The third-order valence-corrected chi connectivity index (χ3v) is 7.57. The number of hydrogen-bond acceptors (Lipinski definition) is 8. The molecule has 11 heteroatoms. The number of benzodiazepines with no additional fused rings is 1. The van der Waals surface area contributed by atoms with Crippen molar-refractivity contribution in [3.05, 3.63) is 89.5 Å². The highest BCUT2D eigenvalue weighted by Crippen LogP contribution is 2.35. The van der Waals surface area contributed by atoms with Gasteiger partial charge in [0.2, 0.25) is 11.6 Å². The first-order chi connectivity index (χ1) is 19.7. The van der Waals surface area contributed by atoms with Crippen molar-refractivity contribution in [1.82, 2.24) is 10.3 Å². The van der Waals surface area contributed by atoms with Crippen molar-refractivity contribution in [2.75, 3.05) is 17.8 Å². The number of carboxylic acids is 1. The van der Waals surface area contributed by atoms with E-state index < -0.39 is 41.3 Å². The topological polar surface area (TPSA) is 145 Å². The smallest absolute Gasteiger partial charge is 0.347 e. The third-order valence-electron chi connectivity index (χ3n) is 7.18. The van der Waals surface area contributed by atoms with E-state index >= 15 is 0 Å². The van der Waals surface area contributed by atoms with Gasteiger partial charge in [-0.2, -0.15) is 12.6 Å². The summed E-state index contributed by atoms with van der Waals surface area (Å²) in [6.07, 6.45) is 6.79. The average Bonchev–Trinajstić information content (AvgIpc) is 3.11. The largest absolute Gasteiger partial charge is 0.478 e. The number of likely N-dealkylation sites (N-methyl/N-ethyl adjacent to an activating group) is 1. The molecule has 10 nitrogen and oxygen atoms in total. The zero-order valence-corrected chi connectivity index (χ0v) is 23.8. The number of amides is 2. The van der Waals surface area contributed by atoms with Gasteiger partial charge in [0, 0.05) is 30.2 Å². The van der Waals surface area contributed by atoms with E-state index in [1.807, 2.05) is 24.3 Å². The maximum absolute atomic E-state index is 14.4. The number of Topliss-reactive ketones (excluding diaryl/α,β-unsaturated/α-hetero) is 1. The Morgan fingerprint density at radius 2 is 1.88 bits per heavy atom. The Morgan fingerprint density at radius 3 is 2.46 bits per heavy atom. The third kappa shape index (κ3) is 5.74. The highest BCUT2D eigenvalue weighted by Gasteiger charge is 2.52. The molecule has 0 aromatic heterocycles. The number of thiol groups is 1. The minimum Gasteiger partial charge on any atom is -0.478 e. The Hall–Kier alpha value is -4.06. The summed E-state index contributed by atoms with van der Waals surface area (Å²) >= 11 is 4.15. The number of nitrogens with one attached hydrogen (secondary N) is 1. The quantitative estimate of drug-likeness (QED) is 0.194. The van der Waals surface area contributed by atoms with Crippen LogP contribution < -0.4 is 16.1 Å². The lowest BCUT2D eigenvalue weighted by molar-refractivity contribution is -0.163. The SMILES string of the molecule is CN[C@](CC1=CC=CCC1)(C(=O)O)N(C(C)=O)N1C(=O)C(C(=O)C(N)CS)N=C(c2ccccc2)c2ccccc21. The number of nitrogens with two attached hydrogens (primary N) is 1. The van der Waals surface area contributed by atoms with Crippen LogP contribution in [0.2, 0.25) is 0 Å². The first-order valence-electron chi connectivity index (χ1n) is 13.2. The van der Waals surface area contributed by atoms with Crippen LogP contribution in [0.5, 0.6) is 0 Å². The molecule has 2 aromatic carbocycles. The monoisotopic (exact) mass is 575 g/mol. The molecule has 1 aliphatic heterocycles. The number of anilines is 1. The molecule has 3 atom stereocenters. The molecule has 1 heterocycles. The summed E-state index contributed by atoms with van der Waals surface area (Å²) in [5.74, 6) is -3.76. The number of hydrogen-bond donors (Lipinski definition) is 4. The van der Waals surface area contributed by atoms with Crippen molar-refractivity contribution in [3.63, 3.8) is 0 Å². The number of rotatable bonds is 10. The molecule has 0 radical (unpaired) electrons.